The lowest BCUT2D eigenvalue weighted by Gasteiger charge is -2.21. The van der Waals surface area contributed by atoms with Crippen LogP contribution in [-0.4, -0.2) is 31.6 Å². The van der Waals surface area contributed by atoms with Gasteiger partial charge in [-0.15, -0.1) is 0 Å². The van der Waals surface area contributed by atoms with Crippen LogP contribution >= 0.6 is 11.6 Å². The monoisotopic (exact) mass is 437 g/mol. The highest BCUT2D eigenvalue weighted by Crippen LogP contribution is 2.26. The number of amides is 2. The zero-order valence-corrected chi connectivity index (χ0v) is 18.8. The summed E-state index contributed by atoms with van der Waals surface area (Å²) in [5.74, 6) is 0.754. The van der Waals surface area contributed by atoms with E-state index in [9.17, 15) is 4.79 Å². The van der Waals surface area contributed by atoms with Gasteiger partial charge in [0.1, 0.15) is 11.9 Å². The van der Waals surface area contributed by atoms with Gasteiger partial charge in [-0.25, -0.2) is 4.79 Å². The number of rotatable bonds is 8. The van der Waals surface area contributed by atoms with E-state index in [1.54, 1.807) is 6.07 Å². The van der Waals surface area contributed by atoms with Gasteiger partial charge in [-0.2, -0.15) is 0 Å². The highest BCUT2D eigenvalue weighted by Gasteiger charge is 2.14. The summed E-state index contributed by atoms with van der Waals surface area (Å²) in [6.45, 7) is 2.83. The third-order valence-corrected chi connectivity index (χ3v) is 5.24. The normalized spacial score (nSPS) is 11.8. The Morgan fingerprint density at radius 3 is 2.26 bits per heavy atom. The fraction of sp³-hybridized carbons (Fsp3) is 0.240. The quantitative estimate of drug-likeness (QED) is 0.430. The first kappa shape index (κ1) is 22.7. The zero-order chi connectivity index (χ0) is 22.2. The van der Waals surface area contributed by atoms with Gasteiger partial charge in [0.05, 0.1) is 0 Å². The molecule has 1 unspecified atom stereocenters. The van der Waals surface area contributed by atoms with E-state index in [1.807, 2.05) is 61.5 Å². The maximum Gasteiger partial charge on any atom is 0.323 e. The van der Waals surface area contributed by atoms with Gasteiger partial charge < -0.3 is 20.3 Å². The van der Waals surface area contributed by atoms with Crippen LogP contribution in [0.1, 0.15) is 23.7 Å². The Morgan fingerprint density at radius 1 is 0.968 bits per heavy atom. The van der Waals surface area contributed by atoms with Gasteiger partial charge >= 0.3 is 6.03 Å². The van der Waals surface area contributed by atoms with Gasteiger partial charge in [0.15, 0.2) is 0 Å². The molecule has 2 N–H and O–H groups in total. The molecule has 3 aromatic rings. The fourth-order valence-electron chi connectivity index (χ4n) is 3.08. The molecule has 3 rings (SSSR count). The molecule has 162 valence electrons. The second-order valence-corrected chi connectivity index (χ2v) is 8.08. The number of urea groups is 1. The van der Waals surface area contributed by atoms with Gasteiger partial charge in [0.25, 0.3) is 0 Å². The molecule has 1 atom stereocenters. The molecule has 0 saturated carbocycles. The maximum atomic E-state index is 12.3. The topological polar surface area (TPSA) is 53.6 Å². The first-order valence-corrected chi connectivity index (χ1v) is 10.6. The number of ether oxygens (including phenoxy) is 1. The lowest BCUT2D eigenvalue weighted by atomic mass is 10.1. The van der Waals surface area contributed by atoms with Gasteiger partial charge in [0.2, 0.25) is 0 Å². The number of hydrogen-bond donors (Lipinski definition) is 2. The van der Waals surface area contributed by atoms with E-state index in [4.69, 9.17) is 16.3 Å². The van der Waals surface area contributed by atoms with Crippen molar-refractivity contribution in [1.82, 2.24) is 4.90 Å². The van der Waals surface area contributed by atoms with Crippen molar-refractivity contribution in [2.45, 2.75) is 19.4 Å². The minimum atomic E-state index is -0.332. The SMILES string of the molecule is Cc1ccc(NC(=O)Nc2ccc(OC(CCN(C)C)c3ccccc3)cc2)cc1Cl. The summed E-state index contributed by atoms with van der Waals surface area (Å²) >= 11 is 6.11. The number of carbonyl (C=O) groups is 1. The van der Waals surface area contributed by atoms with Crippen LogP contribution in [0, 0.1) is 6.92 Å². The van der Waals surface area contributed by atoms with Crippen molar-refractivity contribution in [2.75, 3.05) is 31.3 Å². The summed E-state index contributed by atoms with van der Waals surface area (Å²) in [6, 6.07) is 22.7. The number of anilines is 2. The molecule has 31 heavy (non-hydrogen) atoms. The minimum Gasteiger partial charge on any atom is -0.486 e. The van der Waals surface area contributed by atoms with E-state index in [2.05, 4.69) is 41.8 Å². The molecule has 0 heterocycles. The van der Waals surface area contributed by atoms with Crippen molar-refractivity contribution < 1.29 is 9.53 Å². The van der Waals surface area contributed by atoms with Gasteiger partial charge in [0, 0.05) is 29.4 Å². The number of hydrogen-bond acceptors (Lipinski definition) is 3. The van der Waals surface area contributed by atoms with Crippen LogP contribution in [0.25, 0.3) is 0 Å². The predicted octanol–water partition coefficient (Wildman–Crippen LogP) is 6.36. The molecular weight excluding hydrogens is 410 g/mol. The molecule has 0 fully saturated rings. The maximum absolute atomic E-state index is 12.3. The predicted molar refractivity (Wildman–Crippen MR) is 128 cm³/mol. The van der Waals surface area contributed by atoms with Gasteiger partial charge in [-0.05, 0) is 68.5 Å². The molecule has 0 aromatic heterocycles. The van der Waals surface area contributed by atoms with E-state index in [0.29, 0.717) is 16.4 Å². The van der Waals surface area contributed by atoms with Crippen LogP contribution < -0.4 is 15.4 Å². The van der Waals surface area contributed by atoms with E-state index >= 15 is 0 Å². The van der Waals surface area contributed by atoms with Crippen molar-refractivity contribution in [3.63, 3.8) is 0 Å². The molecule has 6 heteroatoms. The summed E-state index contributed by atoms with van der Waals surface area (Å²) in [5.41, 5.74) is 3.41. The van der Waals surface area contributed by atoms with Gasteiger partial charge in [-0.3, -0.25) is 0 Å². The molecular formula is C25H28ClN3O2. The Balaban J connectivity index is 1.61. The Labute approximate surface area is 189 Å². The number of nitrogens with zero attached hydrogens (tertiary/aromatic N) is 1. The molecule has 0 aliphatic rings. The second-order valence-electron chi connectivity index (χ2n) is 7.68. The number of benzene rings is 3. The molecule has 5 nitrogen and oxygen atoms in total. The van der Waals surface area contributed by atoms with E-state index < -0.39 is 0 Å². The van der Waals surface area contributed by atoms with Crippen LogP contribution in [-0.2, 0) is 0 Å². The van der Waals surface area contributed by atoms with Crippen LogP contribution in [0.5, 0.6) is 5.75 Å². The Morgan fingerprint density at radius 2 is 1.61 bits per heavy atom. The number of aryl methyl sites for hydroxylation is 1. The average molecular weight is 438 g/mol. The Bertz CT molecular complexity index is 991. The Hall–Kier alpha value is -3.02. The van der Waals surface area contributed by atoms with Crippen molar-refractivity contribution in [3.8, 4) is 5.75 Å². The average Bonchev–Trinajstić information content (AvgIpc) is 2.75. The van der Waals surface area contributed by atoms with Crippen LogP contribution in [0.3, 0.4) is 0 Å². The van der Waals surface area contributed by atoms with E-state index in [0.717, 1.165) is 29.8 Å². The van der Waals surface area contributed by atoms with Crippen molar-refractivity contribution in [1.29, 1.82) is 0 Å². The smallest absolute Gasteiger partial charge is 0.323 e. The standard InChI is InChI=1S/C25H28ClN3O2/c1-18-9-10-21(17-23(18)26)28-25(30)27-20-11-13-22(14-12-20)31-24(15-16-29(2)3)19-7-5-4-6-8-19/h4-14,17,24H,15-16H2,1-3H3,(H2,27,28,30). The van der Waals surface area contributed by atoms with Crippen LogP contribution in [0.4, 0.5) is 16.2 Å². The molecule has 0 aliphatic heterocycles. The van der Waals surface area contributed by atoms with Crippen molar-refractivity contribution in [3.05, 3.63) is 88.9 Å². The van der Waals surface area contributed by atoms with E-state index in [1.165, 1.54) is 0 Å². The lowest BCUT2D eigenvalue weighted by molar-refractivity contribution is 0.179. The summed E-state index contributed by atoms with van der Waals surface area (Å²) in [5, 5.41) is 6.22. The van der Waals surface area contributed by atoms with Crippen LogP contribution in [0.2, 0.25) is 5.02 Å². The first-order valence-electron chi connectivity index (χ1n) is 10.2. The molecule has 0 bridgehead atoms. The zero-order valence-electron chi connectivity index (χ0n) is 18.1. The van der Waals surface area contributed by atoms with Gasteiger partial charge in [-0.1, -0.05) is 48.0 Å². The number of halogens is 1. The number of carbonyl (C=O) groups excluding carboxylic acids is 1. The lowest BCUT2D eigenvalue weighted by Crippen LogP contribution is -2.19. The Kier molecular flexibility index (Phi) is 7.93. The first-order chi connectivity index (χ1) is 14.9. The third kappa shape index (κ3) is 7.02. The molecule has 2 amide bonds. The molecule has 0 spiro atoms. The van der Waals surface area contributed by atoms with Crippen LogP contribution in [0.15, 0.2) is 72.8 Å². The number of nitrogens with one attached hydrogen (secondary N) is 2. The highest BCUT2D eigenvalue weighted by molar-refractivity contribution is 6.31. The molecule has 0 radical (unpaired) electrons. The molecule has 0 aliphatic carbocycles. The molecule has 0 saturated heterocycles. The summed E-state index contributed by atoms with van der Waals surface area (Å²) in [6.07, 6.45) is 0.829. The molecule has 3 aromatic carbocycles. The van der Waals surface area contributed by atoms with Crippen molar-refractivity contribution in [2.24, 2.45) is 0 Å². The largest absolute Gasteiger partial charge is 0.486 e. The summed E-state index contributed by atoms with van der Waals surface area (Å²) < 4.78 is 6.26. The minimum absolute atomic E-state index is 0.0445. The van der Waals surface area contributed by atoms with E-state index in [-0.39, 0.29) is 12.1 Å². The van der Waals surface area contributed by atoms with Crippen molar-refractivity contribution >= 4 is 29.0 Å². The summed E-state index contributed by atoms with van der Waals surface area (Å²) in [4.78, 5) is 14.4. The highest BCUT2D eigenvalue weighted by atomic mass is 35.5. The summed E-state index contributed by atoms with van der Waals surface area (Å²) in [7, 11) is 4.11. The third-order valence-electron chi connectivity index (χ3n) is 4.83. The second kappa shape index (κ2) is 10.8. The fourth-order valence-corrected chi connectivity index (χ4v) is 3.26.